The summed E-state index contributed by atoms with van der Waals surface area (Å²) in [4.78, 5) is 10.1. The normalized spacial score (nSPS) is 13.7. The van der Waals surface area contributed by atoms with Crippen molar-refractivity contribution >= 4 is 6.29 Å². The van der Waals surface area contributed by atoms with Crippen LogP contribution in [0.2, 0.25) is 0 Å². The Morgan fingerprint density at radius 2 is 1.71 bits per heavy atom. The topological polar surface area (TPSA) is 37.3 Å². The van der Waals surface area contributed by atoms with Crippen LogP contribution in [0, 0.1) is 0 Å². The van der Waals surface area contributed by atoms with Crippen molar-refractivity contribution in [1.82, 2.24) is 0 Å². The molecular weight excluding hydrogens is 197 g/mol. The third kappa shape index (κ3) is 2.32. The summed E-state index contributed by atoms with van der Waals surface area (Å²) in [6.45, 7) is 0. The van der Waals surface area contributed by atoms with E-state index in [0.29, 0.717) is 0 Å². The lowest BCUT2D eigenvalue weighted by Gasteiger charge is -2.08. The van der Waals surface area contributed by atoms with Gasteiger partial charge in [0.05, 0.1) is 5.56 Å². The molecule has 0 saturated heterocycles. The molecule has 1 rings (SSSR count). The van der Waals surface area contributed by atoms with Crippen molar-refractivity contribution in [2.24, 2.45) is 0 Å². The molecule has 0 saturated carbocycles. The fourth-order valence-corrected chi connectivity index (χ4v) is 0.948. The summed E-state index contributed by atoms with van der Waals surface area (Å²) in [5, 5.41) is 8.97. The Morgan fingerprint density at radius 3 is 2.07 bits per heavy atom. The van der Waals surface area contributed by atoms with Crippen molar-refractivity contribution < 1.29 is 23.1 Å². The number of aliphatic hydroxyl groups excluding tert-OH is 1. The highest BCUT2D eigenvalue weighted by atomic mass is 19.4. The molecule has 0 amide bonds. The van der Waals surface area contributed by atoms with Crippen LogP contribution in [0.5, 0.6) is 0 Å². The Balaban J connectivity index is 2.95. The standard InChI is InChI=1S/C9H7F3O2/c10-9(11,12)7-3-1-6(2-4-7)8(14)5-13/h1-5,8,14H. The molecule has 1 unspecified atom stereocenters. The number of hydrogen-bond acceptors (Lipinski definition) is 2. The average molecular weight is 204 g/mol. The molecule has 0 aromatic heterocycles. The van der Waals surface area contributed by atoms with Gasteiger partial charge in [0.1, 0.15) is 6.10 Å². The fraction of sp³-hybridized carbons (Fsp3) is 0.222. The zero-order valence-electron chi connectivity index (χ0n) is 6.95. The van der Waals surface area contributed by atoms with Gasteiger partial charge in [-0.3, -0.25) is 0 Å². The first-order valence-electron chi connectivity index (χ1n) is 3.75. The number of hydrogen-bond donors (Lipinski definition) is 1. The van der Waals surface area contributed by atoms with Gasteiger partial charge in [0.15, 0.2) is 6.29 Å². The van der Waals surface area contributed by atoms with Crippen LogP contribution < -0.4 is 0 Å². The highest BCUT2D eigenvalue weighted by Crippen LogP contribution is 2.29. The van der Waals surface area contributed by atoms with Crippen LogP contribution >= 0.6 is 0 Å². The van der Waals surface area contributed by atoms with Crippen LogP contribution in [0.3, 0.4) is 0 Å². The largest absolute Gasteiger partial charge is 0.416 e. The lowest BCUT2D eigenvalue weighted by molar-refractivity contribution is -0.137. The monoisotopic (exact) mass is 204 g/mol. The van der Waals surface area contributed by atoms with Gasteiger partial charge in [-0.2, -0.15) is 13.2 Å². The van der Waals surface area contributed by atoms with Gasteiger partial charge in [-0.05, 0) is 17.7 Å². The van der Waals surface area contributed by atoms with E-state index in [4.69, 9.17) is 5.11 Å². The SMILES string of the molecule is O=CC(O)c1ccc(C(F)(F)F)cc1. The number of rotatable bonds is 2. The minimum Gasteiger partial charge on any atom is -0.381 e. The predicted molar refractivity (Wildman–Crippen MR) is 42.5 cm³/mol. The molecular formula is C9H7F3O2. The summed E-state index contributed by atoms with van der Waals surface area (Å²) in [5.74, 6) is 0. The number of benzene rings is 1. The summed E-state index contributed by atoms with van der Waals surface area (Å²) in [5.41, 5.74) is -0.660. The van der Waals surface area contributed by atoms with Crippen molar-refractivity contribution in [2.45, 2.75) is 12.3 Å². The van der Waals surface area contributed by atoms with Crippen molar-refractivity contribution in [3.05, 3.63) is 35.4 Å². The molecule has 2 nitrogen and oxygen atoms in total. The van der Waals surface area contributed by atoms with Gasteiger partial charge < -0.3 is 9.90 Å². The lowest BCUT2D eigenvalue weighted by Crippen LogP contribution is -2.05. The van der Waals surface area contributed by atoms with Gasteiger partial charge in [-0.15, -0.1) is 0 Å². The van der Waals surface area contributed by atoms with E-state index in [1.54, 1.807) is 0 Å². The van der Waals surface area contributed by atoms with E-state index in [1.807, 2.05) is 0 Å². The van der Waals surface area contributed by atoms with E-state index in [-0.39, 0.29) is 11.8 Å². The highest BCUT2D eigenvalue weighted by molar-refractivity contribution is 5.59. The third-order valence-corrected chi connectivity index (χ3v) is 1.71. The van der Waals surface area contributed by atoms with Crippen molar-refractivity contribution in [3.8, 4) is 0 Å². The molecule has 76 valence electrons. The molecule has 0 bridgehead atoms. The molecule has 1 N–H and O–H groups in total. The van der Waals surface area contributed by atoms with Crippen molar-refractivity contribution in [3.63, 3.8) is 0 Å². The maximum atomic E-state index is 12.1. The zero-order chi connectivity index (χ0) is 10.8. The quantitative estimate of drug-likeness (QED) is 0.747. The third-order valence-electron chi connectivity index (χ3n) is 1.71. The average Bonchev–Trinajstić information content (AvgIpc) is 2.15. The van der Waals surface area contributed by atoms with E-state index in [0.717, 1.165) is 24.3 Å². The van der Waals surface area contributed by atoms with Crippen molar-refractivity contribution in [1.29, 1.82) is 0 Å². The number of halogens is 3. The zero-order valence-corrected chi connectivity index (χ0v) is 6.95. The van der Waals surface area contributed by atoms with E-state index >= 15 is 0 Å². The van der Waals surface area contributed by atoms with E-state index < -0.39 is 17.8 Å². The maximum absolute atomic E-state index is 12.1. The van der Waals surface area contributed by atoms with Crippen LogP contribution in [0.15, 0.2) is 24.3 Å². The molecule has 0 aliphatic carbocycles. The molecule has 0 aliphatic rings. The minimum atomic E-state index is -4.40. The van der Waals surface area contributed by atoms with E-state index in [9.17, 15) is 18.0 Å². The molecule has 1 aromatic rings. The smallest absolute Gasteiger partial charge is 0.381 e. The second kappa shape index (κ2) is 3.79. The summed E-state index contributed by atoms with van der Waals surface area (Å²) in [7, 11) is 0. The number of carbonyl (C=O) groups is 1. The lowest BCUT2D eigenvalue weighted by atomic mass is 10.1. The van der Waals surface area contributed by atoms with Crippen LogP contribution in [0.25, 0.3) is 0 Å². The molecule has 0 radical (unpaired) electrons. The summed E-state index contributed by atoms with van der Waals surface area (Å²) >= 11 is 0. The molecule has 5 heteroatoms. The minimum absolute atomic E-state index is 0.146. The summed E-state index contributed by atoms with van der Waals surface area (Å²) in [6.07, 6.45) is -5.51. The molecule has 0 fully saturated rings. The Hall–Kier alpha value is -1.36. The molecule has 0 spiro atoms. The predicted octanol–water partition coefficient (Wildman–Crippen LogP) is 1.94. The number of alkyl halides is 3. The molecule has 1 atom stereocenters. The Labute approximate surface area is 78.0 Å². The van der Waals surface area contributed by atoms with Crippen molar-refractivity contribution in [2.75, 3.05) is 0 Å². The molecule has 0 heterocycles. The Morgan fingerprint density at radius 1 is 1.21 bits per heavy atom. The molecule has 14 heavy (non-hydrogen) atoms. The van der Waals surface area contributed by atoms with Gasteiger partial charge in [-0.1, -0.05) is 12.1 Å². The maximum Gasteiger partial charge on any atom is 0.416 e. The second-order valence-electron chi connectivity index (χ2n) is 2.70. The molecule has 1 aromatic carbocycles. The number of aldehydes is 1. The summed E-state index contributed by atoms with van der Waals surface area (Å²) in [6, 6.07) is 3.79. The van der Waals surface area contributed by atoms with E-state index in [2.05, 4.69) is 0 Å². The fourth-order valence-electron chi connectivity index (χ4n) is 0.948. The van der Waals surface area contributed by atoms with Gasteiger partial charge in [0.25, 0.3) is 0 Å². The van der Waals surface area contributed by atoms with Crippen LogP contribution in [-0.2, 0) is 11.0 Å². The molecule has 0 aliphatic heterocycles. The number of aliphatic hydroxyl groups is 1. The first-order valence-corrected chi connectivity index (χ1v) is 3.75. The van der Waals surface area contributed by atoms with Crippen LogP contribution in [0.1, 0.15) is 17.2 Å². The van der Waals surface area contributed by atoms with Gasteiger partial charge in [0.2, 0.25) is 0 Å². The highest BCUT2D eigenvalue weighted by Gasteiger charge is 2.30. The summed E-state index contributed by atoms with van der Waals surface area (Å²) < 4.78 is 36.2. The second-order valence-corrected chi connectivity index (χ2v) is 2.70. The first-order chi connectivity index (χ1) is 6.45. The van der Waals surface area contributed by atoms with Gasteiger partial charge in [-0.25, -0.2) is 0 Å². The first kappa shape index (κ1) is 10.7. The van der Waals surface area contributed by atoms with Crippen LogP contribution in [-0.4, -0.2) is 11.4 Å². The Bertz CT molecular complexity index is 316. The van der Waals surface area contributed by atoms with Crippen LogP contribution in [0.4, 0.5) is 13.2 Å². The van der Waals surface area contributed by atoms with Gasteiger partial charge in [0, 0.05) is 0 Å². The Kier molecular flexibility index (Phi) is 2.90. The number of carbonyl (C=O) groups excluding carboxylic acids is 1. The van der Waals surface area contributed by atoms with Gasteiger partial charge >= 0.3 is 6.18 Å². The van der Waals surface area contributed by atoms with E-state index in [1.165, 1.54) is 0 Å².